The van der Waals surface area contributed by atoms with Gasteiger partial charge in [-0.1, -0.05) is 12.2 Å². The van der Waals surface area contributed by atoms with Crippen LogP contribution in [0, 0.1) is 5.82 Å². The summed E-state index contributed by atoms with van der Waals surface area (Å²) < 4.78 is 12.8. The van der Waals surface area contributed by atoms with E-state index in [2.05, 4.69) is 5.32 Å². The van der Waals surface area contributed by atoms with Gasteiger partial charge in [0, 0.05) is 5.69 Å². The minimum atomic E-state index is -0.257. The van der Waals surface area contributed by atoms with E-state index in [1.165, 1.54) is 12.1 Å². The summed E-state index contributed by atoms with van der Waals surface area (Å²) in [4.78, 5) is 0. The number of anilines is 1. The largest absolute Gasteiger partial charge is 0.398 e. The van der Waals surface area contributed by atoms with Gasteiger partial charge in [0.25, 0.3) is 0 Å². The highest BCUT2D eigenvalue weighted by Gasteiger charge is 1.96. The molecule has 0 saturated carbocycles. The fourth-order valence-corrected chi connectivity index (χ4v) is 1.13. The molecule has 0 spiro atoms. The quantitative estimate of drug-likeness (QED) is 0.568. The molecule has 3 N–H and O–H groups in total. The minimum Gasteiger partial charge on any atom is -0.398 e. The smallest absolute Gasteiger partial charge is 0.123 e. The van der Waals surface area contributed by atoms with E-state index in [1.54, 1.807) is 6.07 Å². The lowest BCUT2D eigenvalue weighted by atomic mass is 10.1. The fourth-order valence-electron chi connectivity index (χ4n) is 1.13. The normalized spacial score (nSPS) is 11.0. The molecule has 3 heteroatoms. The van der Waals surface area contributed by atoms with Crippen molar-refractivity contribution in [3.8, 4) is 0 Å². The van der Waals surface area contributed by atoms with Crippen LogP contribution in [0.3, 0.4) is 0 Å². The molecule has 2 nitrogen and oxygen atoms in total. The Morgan fingerprint density at radius 1 is 1.50 bits per heavy atom. The van der Waals surface area contributed by atoms with Crippen LogP contribution < -0.4 is 11.1 Å². The zero-order chi connectivity index (χ0) is 10.4. The van der Waals surface area contributed by atoms with Gasteiger partial charge in [0.15, 0.2) is 0 Å². The summed E-state index contributed by atoms with van der Waals surface area (Å²) in [6, 6.07) is 4.37. The van der Waals surface area contributed by atoms with E-state index in [0.717, 1.165) is 18.5 Å². The first kappa shape index (κ1) is 10.7. The van der Waals surface area contributed by atoms with Gasteiger partial charge in [-0.2, -0.15) is 0 Å². The molecule has 0 bridgehead atoms. The molecule has 0 aliphatic rings. The molecule has 1 aromatic carbocycles. The van der Waals surface area contributed by atoms with Crippen molar-refractivity contribution in [1.29, 1.82) is 0 Å². The summed E-state index contributed by atoms with van der Waals surface area (Å²) in [5.74, 6) is -0.257. The van der Waals surface area contributed by atoms with Crippen molar-refractivity contribution in [1.82, 2.24) is 5.32 Å². The molecule has 0 aromatic heterocycles. The molecule has 0 saturated heterocycles. The van der Waals surface area contributed by atoms with Crippen molar-refractivity contribution in [2.24, 2.45) is 0 Å². The van der Waals surface area contributed by atoms with Gasteiger partial charge in [0.2, 0.25) is 0 Å². The molecule has 14 heavy (non-hydrogen) atoms. The van der Waals surface area contributed by atoms with Gasteiger partial charge in [-0.3, -0.25) is 0 Å². The molecule has 76 valence electrons. The maximum absolute atomic E-state index is 12.8. The van der Waals surface area contributed by atoms with Gasteiger partial charge in [-0.15, -0.1) is 0 Å². The molecular formula is C11H15FN2. The summed E-state index contributed by atoms with van der Waals surface area (Å²) in [6.45, 7) is 0.908. The number of halogens is 1. The van der Waals surface area contributed by atoms with Gasteiger partial charge < -0.3 is 11.1 Å². The lowest BCUT2D eigenvalue weighted by Crippen LogP contribution is -2.05. The Morgan fingerprint density at radius 2 is 2.29 bits per heavy atom. The van der Waals surface area contributed by atoms with Crippen molar-refractivity contribution in [2.45, 2.75) is 6.42 Å². The Labute approximate surface area is 83.6 Å². The van der Waals surface area contributed by atoms with Crippen LogP contribution in [-0.4, -0.2) is 13.6 Å². The van der Waals surface area contributed by atoms with Gasteiger partial charge in [-0.05, 0) is 43.8 Å². The third kappa shape index (κ3) is 3.18. The summed E-state index contributed by atoms with van der Waals surface area (Å²) in [7, 11) is 1.89. The number of benzene rings is 1. The van der Waals surface area contributed by atoms with Crippen LogP contribution >= 0.6 is 0 Å². The van der Waals surface area contributed by atoms with Crippen molar-refractivity contribution in [3.63, 3.8) is 0 Å². The second-order valence-electron chi connectivity index (χ2n) is 3.07. The standard InChI is InChI=1S/C11H15FN2/c1-14-7-3-2-4-9-8-10(12)5-6-11(9)13/h2,4-6,8,14H,3,7,13H2,1H3. The van der Waals surface area contributed by atoms with Gasteiger partial charge in [0.05, 0.1) is 0 Å². The number of nitrogen functional groups attached to an aromatic ring is 1. The Morgan fingerprint density at radius 3 is 3.00 bits per heavy atom. The molecule has 0 radical (unpaired) electrons. The molecule has 0 unspecified atom stereocenters. The van der Waals surface area contributed by atoms with Gasteiger partial charge >= 0.3 is 0 Å². The summed E-state index contributed by atoms with van der Waals surface area (Å²) in [6.07, 6.45) is 4.73. The monoisotopic (exact) mass is 194 g/mol. The van der Waals surface area contributed by atoms with Crippen LogP contribution in [0.15, 0.2) is 24.3 Å². The number of rotatable bonds is 4. The molecule has 0 amide bonds. The summed E-state index contributed by atoms with van der Waals surface area (Å²) >= 11 is 0. The van der Waals surface area contributed by atoms with E-state index in [4.69, 9.17) is 5.73 Å². The van der Waals surface area contributed by atoms with Crippen LogP contribution in [0.25, 0.3) is 6.08 Å². The predicted octanol–water partition coefficient (Wildman–Crippen LogP) is 2.03. The van der Waals surface area contributed by atoms with E-state index in [-0.39, 0.29) is 5.82 Å². The van der Waals surface area contributed by atoms with E-state index in [0.29, 0.717) is 5.69 Å². The SMILES string of the molecule is CNCCC=Cc1cc(F)ccc1N. The van der Waals surface area contributed by atoms with Crippen molar-refractivity contribution < 1.29 is 4.39 Å². The van der Waals surface area contributed by atoms with Crippen molar-refractivity contribution in [3.05, 3.63) is 35.7 Å². The highest BCUT2D eigenvalue weighted by molar-refractivity contribution is 5.64. The third-order valence-corrected chi connectivity index (χ3v) is 1.91. The van der Waals surface area contributed by atoms with Gasteiger partial charge in [-0.25, -0.2) is 4.39 Å². The molecule has 1 aromatic rings. The van der Waals surface area contributed by atoms with Crippen molar-refractivity contribution in [2.75, 3.05) is 19.3 Å². The first-order valence-corrected chi connectivity index (χ1v) is 4.60. The second kappa shape index (κ2) is 5.40. The van der Waals surface area contributed by atoms with E-state index in [9.17, 15) is 4.39 Å². The lowest BCUT2D eigenvalue weighted by molar-refractivity contribution is 0.628. The van der Waals surface area contributed by atoms with Crippen LogP contribution in [-0.2, 0) is 0 Å². The van der Waals surface area contributed by atoms with E-state index in [1.807, 2.05) is 19.2 Å². The zero-order valence-corrected chi connectivity index (χ0v) is 8.26. The molecular weight excluding hydrogens is 179 g/mol. The predicted molar refractivity (Wildman–Crippen MR) is 58.4 cm³/mol. The fraction of sp³-hybridized carbons (Fsp3) is 0.273. The maximum Gasteiger partial charge on any atom is 0.123 e. The highest BCUT2D eigenvalue weighted by Crippen LogP contribution is 2.14. The summed E-state index contributed by atoms with van der Waals surface area (Å²) in [5, 5.41) is 3.02. The third-order valence-electron chi connectivity index (χ3n) is 1.91. The maximum atomic E-state index is 12.8. The first-order valence-electron chi connectivity index (χ1n) is 4.60. The van der Waals surface area contributed by atoms with Crippen LogP contribution in [0.5, 0.6) is 0 Å². The molecule has 0 heterocycles. The van der Waals surface area contributed by atoms with E-state index < -0.39 is 0 Å². The van der Waals surface area contributed by atoms with Gasteiger partial charge in [0.1, 0.15) is 5.82 Å². The average molecular weight is 194 g/mol. The van der Waals surface area contributed by atoms with E-state index >= 15 is 0 Å². The Hall–Kier alpha value is -1.35. The average Bonchev–Trinajstić information content (AvgIpc) is 2.18. The number of nitrogens with two attached hydrogens (primary N) is 1. The molecule has 0 fully saturated rings. The number of hydrogen-bond donors (Lipinski definition) is 2. The lowest BCUT2D eigenvalue weighted by Gasteiger charge is -1.99. The Kier molecular flexibility index (Phi) is 4.13. The molecule has 1 rings (SSSR count). The zero-order valence-electron chi connectivity index (χ0n) is 8.26. The van der Waals surface area contributed by atoms with Crippen LogP contribution in [0.4, 0.5) is 10.1 Å². The second-order valence-corrected chi connectivity index (χ2v) is 3.07. The highest BCUT2D eigenvalue weighted by atomic mass is 19.1. The molecule has 0 aliphatic heterocycles. The summed E-state index contributed by atoms with van der Waals surface area (Å²) in [5.41, 5.74) is 7.01. The van der Waals surface area contributed by atoms with Crippen molar-refractivity contribution >= 4 is 11.8 Å². The van der Waals surface area contributed by atoms with Crippen LogP contribution in [0.1, 0.15) is 12.0 Å². The number of hydrogen-bond acceptors (Lipinski definition) is 2. The topological polar surface area (TPSA) is 38.0 Å². The molecule has 0 aliphatic carbocycles. The number of nitrogens with one attached hydrogen (secondary N) is 1. The molecule has 0 atom stereocenters. The first-order chi connectivity index (χ1) is 6.74. The Balaban J connectivity index is 2.65. The Bertz CT molecular complexity index is 321. The minimum absolute atomic E-state index is 0.257. The van der Waals surface area contributed by atoms with Crippen LogP contribution in [0.2, 0.25) is 0 Å².